The average Bonchev–Trinajstić information content (AvgIpc) is 2.36. The van der Waals surface area contributed by atoms with Gasteiger partial charge in [-0.25, -0.2) is 0 Å². The Morgan fingerprint density at radius 1 is 1.19 bits per heavy atom. The van der Waals surface area contributed by atoms with E-state index in [2.05, 4.69) is 0 Å². The van der Waals surface area contributed by atoms with Gasteiger partial charge in [0.15, 0.2) is 0 Å². The van der Waals surface area contributed by atoms with Crippen LogP contribution in [0.5, 0.6) is 0 Å². The third-order valence-electron chi connectivity index (χ3n) is 3.27. The molecule has 2 nitrogen and oxygen atoms in total. The largest absolute Gasteiger partial charge is 0.389 e. The smallest absolute Gasteiger partial charge is 0.375 e. The summed E-state index contributed by atoms with van der Waals surface area (Å²) in [6.07, 6.45) is -6.05. The fraction of sp³-hybridized carbons (Fsp3) is 0.909. The van der Waals surface area contributed by atoms with Crippen LogP contribution >= 0.6 is 0 Å². The van der Waals surface area contributed by atoms with Gasteiger partial charge in [0.05, 0.1) is 18.6 Å². The summed E-state index contributed by atoms with van der Waals surface area (Å²) < 4.78 is 41.4. The Morgan fingerprint density at radius 2 is 1.75 bits per heavy atom. The first-order valence-corrected chi connectivity index (χ1v) is 5.47. The van der Waals surface area contributed by atoms with E-state index in [1.165, 1.54) is 0 Å². The second-order valence-electron chi connectivity index (χ2n) is 4.51. The van der Waals surface area contributed by atoms with Crippen LogP contribution in [0.25, 0.3) is 0 Å². The predicted molar refractivity (Wildman–Crippen MR) is 53.0 cm³/mol. The quantitative estimate of drug-likeness (QED) is 0.755. The van der Waals surface area contributed by atoms with Gasteiger partial charge in [-0.05, 0) is 19.8 Å². The molecule has 0 radical (unpaired) electrons. The molecule has 0 spiro atoms. The molecule has 1 heterocycles. The summed E-state index contributed by atoms with van der Waals surface area (Å²) in [6.45, 7) is 5.44. The van der Waals surface area contributed by atoms with Crippen LogP contribution in [0.4, 0.5) is 13.2 Å². The predicted octanol–water partition coefficient (Wildman–Crippen LogP) is 2.96. The zero-order valence-electron chi connectivity index (χ0n) is 9.67. The lowest BCUT2D eigenvalue weighted by atomic mass is 9.84. The minimum Gasteiger partial charge on any atom is -0.375 e. The highest BCUT2D eigenvalue weighted by molar-refractivity contribution is 5.82. The van der Waals surface area contributed by atoms with Crippen molar-refractivity contribution in [1.29, 1.82) is 0 Å². The summed E-state index contributed by atoms with van der Waals surface area (Å²) in [5.41, 5.74) is 0. The Bertz CT molecular complexity index is 262. The van der Waals surface area contributed by atoms with Crippen molar-refractivity contribution in [2.75, 3.05) is 0 Å². The van der Waals surface area contributed by atoms with Crippen LogP contribution < -0.4 is 0 Å². The van der Waals surface area contributed by atoms with Gasteiger partial charge in [-0.1, -0.05) is 6.92 Å². The molecule has 5 heteroatoms. The molecule has 1 rings (SSSR count). The number of hydrogen-bond donors (Lipinski definition) is 0. The van der Waals surface area contributed by atoms with Crippen molar-refractivity contribution in [1.82, 2.24) is 0 Å². The summed E-state index contributed by atoms with van der Waals surface area (Å²) in [7, 11) is 0. The molecule has 0 bridgehead atoms. The number of alkyl halides is 3. The summed E-state index contributed by atoms with van der Waals surface area (Å²) in [6, 6.07) is 0. The van der Waals surface area contributed by atoms with Crippen molar-refractivity contribution in [3.8, 4) is 0 Å². The zero-order chi connectivity index (χ0) is 12.5. The maximum Gasteiger partial charge on any atom is 0.389 e. The van der Waals surface area contributed by atoms with E-state index < -0.39 is 24.9 Å². The van der Waals surface area contributed by atoms with Crippen LogP contribution in [-0.4, -0.2) is 24.2 Å². The van der Waals surface area contributed by atoms with Gasteiger partial charge in [-0.2, -0.15) is 13.2 Å². The van der Waals surface area contributed by atoms with Gasteiger partial charge in [-0.15, -0.1) is 0 Å². The number of ether oxygens (including phenoxy) is 1. The number of halogens is 3. The highest BCUT2D eigenvalue weighted by Crippen LogP contribution is 2.34. The van der Waals surface area contributed by atoms with Crippen LogP contribution in [0.15, 0.2) is 0 Å². The number of Topliss-reactive ketones (excluding diaryl/α,β-unsaturated/α-hetero) is 1. The van der Waals surface area contributed by atoms with E-state index >= 15 is 0 Å². The molecule has 4 atom stereocenters. The first kappa shape index (κ1) is 13.5. The van der Waals surface area contributed by atoms with Crippen molar-refractivity contribution in [2.24, 2.45) is 11.8 Å². The Hall–Kier alpha value is -0.580. The third-order valence-corrected chi connectivity index (χ3v) is 3.27. The summed E-state index contributed by atoms with van der Waals surface area (Å²) in [5.74, 6) is -0.727. The molecule has 4 unspecified atom stereocenters. The van der Waals surface area contributed by atoms with E-state index in [0.717, 1.165) is 0 Å². The number of hydrogen-bond acceptors (Lipinski definition) is 2. The highest BCUT2D eigenvalue weighted by atomic mass is 19.4. The Balaban J connectivity index is 2.54. The van der Waals surface area contributed by atoms with Gasteiger partial charge in [0.25, 0.3) is 0 Å². The molecule has 0 amide bonds. The maximum absolute atomic E-state index is 12.0. The second-order valence-corrected chi connectivity index (χ2v) is 4.51. The lowest BCUT2D eigenvalue weighted by Gasteiger charge is -2.17. The standard InChI is InChI=1S/C11H17F3O2/c1-6-7(2)16-8(3)10(6)9(15)4-5-11(12,13)14/h6-8,10H,4-5H2,1-3H3. The van der Waals surface area contributed by atoms with Crippen LogP contribution in [-0.2, 0) is 9.53 Å². The first-order valence-electron chi connectivity index (χ1n) is 5.47. The minimum atomic E-state index is -4.26. The van der Waals surface area contributed by atoms with Gasteiger partial charge in [-0.3, -0.25) is 4.79 Å². The Kier molecular flexibility index (Phi) is 3.99. The molecule has 0 aromatic heterocycles. The van der Waals surface area contributed by atoms with Gasteiger partial charge in [0.1, 0.15) is 5.78 Å². The number of ketones is 1. The SMILES string of the molecule is CC1OC(C)C(C(=O)CCC(F)(F)F)C1C. The summed E-state index contributed by atoms with van der Waals surface area (Å²) >= 11 is 0. The third kappa shape index (κ3) is 3.20. The minimum absolute atomic E-state index is 0.00395. The number of rotatable bonds is 3. The highest BCUT2D eigenvalue weighted by Gasteiger charge is 2.42. The fourth-order valence-corrected chi connectivity index (χ4v) is 2.25. The normalized spacial score (nSPS) is 35.4. The molecule has 1 aliphatic rings. The van der Waals surface area contributed by atoms with Crippen LogP contribution in [0.3, 0.4) is 0 Å². The second kappa shape index (κ2) is 4.73. The van der Waals surface area contributed by atoms with Gasteiger partial charge in [0.2, 0.25) is 0 Å². The average molecular weight is 238 g/mol. The van der Waals surface area contributed by atoms with E-state index in [-0.39, 0.29) is 23.9 Å². The molecular formula is C11H17F3O2. The van der Waals surface area contributed by atoms with Crippen LogP contribution in [0, 0.1) is 11.8 Å². The van der Waals surface area contributed by atoms with Crippen molar-refractivity contribution in [3.63, 3.8) is 0 Å². The van der Waals surface area contributed by atoms with Gasteiger partial charge in [0, 0.05) is 12.3 Å². The Labute approximate surface area is 93.2 Å². The zero-order valence-corrected chi connectivity index (χ0v) is 9.67. The lowest BCUT2D eigenvalue weighted by molar-refractivity contribution is -0.145. The molecular weight excluding hydrogens is 221 g/mol. The molecule has 0 aromatic rings. The van der Waals surface area contributed by atoms with Gasteiger partial charge < -0.3 is 4.74 Å². The molecule has 1 aliphatic heterocycles. The molecule has 0 aromatic carbocycles. The van der Waals surface area contributed by atoms with Crippen LogP contribution in [0.2, 0.25) is 0 Å². The summed E-state index contributed by atoms with van der Waals surface area (Å²) in [4.78, 5) is 11.7. The molecule has 1 saturated heterocycles. The molecule has 16 heavy (non-hydrogen) atoms. The van der Waals surface area contributed by atoms with Gasteiger partial charge >= 0.3 is 6.18 Å². The monoisotopic (exact) mass is 238 g/mol. The van der Waals surface area contributed by atoms with Crippen molar-refractivity contribution in [2.45, 2.75) is 52.0 Å². The molecule has 94 valence electrons. The first-order chi connectivity index (χ1) is 7.22. The van der Waals surface area contributed by atoms with Crippen molar-refractivity contribution in [3.05, 3.63) is 0 Å². The summed E-state index contributed by atoms with van der Waals surface area (Å²) in [5, 5.41) is 0. The van der Waals surface area contributed by atoms with E-state index in [1.54, 1.807) is 6.92 Å². The van der Waals surface area contributed by atoms with Crippen LogP contribution in [0.1, 0.15) is 33.6 Å². The topological polar surface area (TPSA) is 26.3 Å². The van der Waals surface area contributed by atoms with Crippen molar-refractivity contribution >= 4 is 5.78 Å². The molecule has 0 aliphatic carbocycles. The molecule has 0 N–H and O–H groups in total. The number of carbonyl (C=O) groups excluding carboxylic acids is 1. The lowest BCUT2D eigenvalue weighted by Crippen LogP contribution is -2.27. The number of carbonyl (C=O) groups is 1. The van der Waals surface area contributed by atoms with E-state index in [1.807, 2.05) is 13.8 Å². The fourth-order valence-electron chi connectivity index (χ4n) is 2.25. The molecule has 0 saturated carbocycles. The van der Waals surface area contributed by atoms with E-state index in [0.29, 0.717) is 0 Å². The maximum atomic E-state index is 12.0. The Morgan fingerprint density at radius 3 is 2.12 bits per heavy atom. The van der Waals surface area contributed by atoms with Crippen molar-refractivity contribution < 1.29 is 22.7 Å². The van der Waals surface area contributed by atoms with E-state index in [4.69, 9.17) is 4.74 Å². The van der Waals surface area contributed by atoms with E-state index in [9.17, 15) is 18.0 Å². The molecule has 1 fully saturated rings.